The molecule has 0 rings (SSSR count). The van der Waals surface area contributed by atoms with Gasteiger partial charge >= 0.3 is 19.8 Å². The number of hydrogen-bond acceptors (Lipinski definition) is 7. The second-order valence-electron chi connectivity index (χ2n) is 21.0. The van der Waals surface area contributed by atoms with Crippen molar-refractivity contribution in [2.75, 3.05) is 47.5 Å². The second-order valence-corrected chi connectivity index (χ2v) is 22.5. The van der Waals surface area contributed by atoms with E-state index in [2.05, 4.69) is 86.8 Å². The first kappa shape index (κ1) is 69.5. The van der Waals surface area contributed by atoms with Crippen molar-refractivity contribution < 1.29 is 42.1 Å². The molecule has 1 N–H and O–H groups in total. The maximum absolute atomic E-state index is 12.7. The van der Waals surface area contributed by atoms with Crippen molar-refractivity contribution in [3.63, 3.8) is 0 Å². The SMILES string of the molecule is CC/C=C\C/C=C\C/C=C\C/C=C\C/C=C\C/C=C\CCCCCCCCCCCCCCCCCCCCCCCCC(=O)OC(COC(=O)CCCCCCCCC)COP(=O)(O)OCC[N+](C)(C)C. The van der Waals surface area contributed by atoms with Crippen molar-refractivity contribution in [1.82, 2.24) is 0 Å². The Morgan fingerprint density at radius 2 is 0.792 bits per heavy atom. The molecule has 0 amide bonds. The van der Waals surface area contributed by atoms with Gasteiger partial charge < -0.3 is 18.9 Å². The van der Waals surface area contributed by atoms with Crippen LogP contribution in [0.25, 0.3) is 0 Å². The number of likely N-dealkylation sites (N-methyl/N-ethyl adjacent to an activating group) is 1. The molecule has 0 aliphatic rings. The molecule has 0 aromatic heterocycles. The van der Waals surface area contributed by atoms with E-state index in [1.807, 2.05) is 21.1 Å². The number of nitrogens with zero attached hydrogens (tertiary/aromatic N) is 1. The number of hydrogen-bond donors (Lipinski definition) is 1. The summed E-state index contributed by atoms with van der Waals surface area (Å²) in [6.07, 6.45) is 70.4. The monoisotopic (exact) mass is 1030 g/mol. The number of phosphoric ester groups is 1. The van der Waals surface area contributed by atoms with Crippen molar-refractivity contribution in [2.24, 2.45) is 0 Å². The molecule has 0 saturated carbocycles. The molecule has 0 aromatic carbocycles. The maximum atomic E-state index is 12.7. The molecule has 10 heteroatoms. The van der Waals surface area contributed by atoms with Gasteiger partial charge in [0, 0.05) is 12.8 Å². The third kappa shape index (κ3) is 56.7. The molecule has 0 bridgehead atoms. The zero-order chi connectivity index (χ0) is 52.7. The Kier molecular flexibility index (Phi) is 51.4. The highest BCUT2D eigenvalue weighted by Crippen LogP contribution is 2.43. The highest BCUT2D eigenvalue weighted by atomic mass is 31.2. The van der Waals surface area contributed by atoms with Gasteiger partial charge in [0.25, 0.3) is 0 Å². The van der Waals surface area contributed by atoms with E-state index in [4.69, 9.17) is 18.5 Å². The van der Waals surface area contributed by atoms with Crippen LogP contribution in [0.3, 0.4) is 0 Å². The fraction of sp³-hybridized carbons (Fsp3) is 0.774. The maximum Gasteiger partial charge on any atom is 0.472 e. The molecule has 0 aliphatic heterocycles. The van der Waals surface area contributed by atoms with E-state index in [1.165, 1.54) is 154 Å². The fourth-order valence-corrected chi connectivity index (χ4v) is 8.94. The van der Waals surface area contributed by atoms with Crippen LogP contribution in [-0.2, 0) is 32.7 Å². The molecular formula is C62H113NO8P+. The van der Waals surface area contributed by atoms with Gasteiger partial charge in [0.05, 0.1) is 27.7 Å². The molecule has 0 radical (unpaired) electrons. The smallest absolute Gasteiger partial charge is 0.462 e. The molecule has 72 heavy (non-hydrogen) atoms. The van der Waals surface area contributed by atoms with Crippen molar-refractivity contribution in [2.45, 2.75) is 264 Å². The van der Waals surface area contributed by atoms with Crippen LogP contribution in [0.1, 0.15) is 258 Å². The normalized spacial score (nSPS) is 13.8. The molecule has 0 spiro atoms. The third-order valence-corrected chi connectivity index (χ3v) is 13.7. The molecule has 0 heterocycles. The number of unbranched alkanes of at least 4 members (excludes halogenated alkanes) is 28. The first-order valence-electron chi connectivity index (χ1n) is 29.7. The van der Waals surface area contributed by atoms with Gasteiger partial charge in [-0.3, -0.25) is 18.6 Å². The van der Waals surface area contributed by atoms with E-state index in [1.54, 1.807) is 0 Å². The Morgan fingerprint density at radius 3 is 1.18 bits per heavy atom. The lowest BCUT2D eigenvalue weighted by Crippen LogP contribution is -2.37. The second kappa shape index (κ2) is 53.3. The van der Waals surface area contributed by atoms with Crippen LogP contribution in [-0.4, -0.2) is 74.9 Å². The first-order chi connectivity index (χ1) is 35.0. The summed E-state index contributed by atoms with van der Waals surface area (Å²) in [4.78, 5) is 35.3. The molecule has 0 fully saturated rings. The van der Waals surface area contributed by atoms with Gasteiger partial charge in [0.1, 0.15) is 19.8 Å². The van der Waals surface area contributed by atoms with Crippen molar-refractivity contribution in [3.05, 3.63) is 72.9 Å². The number of quaternary nitrogens is 1. The average Bonchev–Trinajstić information content (AvgIpc) is 3.34. The molecular weight excluding hydrogens is 918 g/mol. The third-order valence-electron chi connectivity index (χ3n) is 12.8. The molecule has 418 valence electrons. The Labute approximate surface area is 444 Å². The van der Waals surface area contributed by atoms with Gasteiger partial charge in [0.2, 0.25) is 0 Å². The van der Waals surface area contributed by atoms with E-state index in [-0.39, 0.29) is 32.0 Å². The number of ether oxygens (including phenoxy) is 2. The summed E-state index contributed by atoms with van der Waals surface area (Å²) in [6, 6.07) is 0. The van der Waals surface area contributed by atoms with Crippen LogP contribution < -0.4 is 0 Å². The van der Waals surface area contributed by atoms with E-state index in [9.17, 15) is 19.0 Å². The molecule has 2 unspecified atom stereocenters. The van der Waals surface area contributed by atoms with Crippen LogP contribution in [0, 0.1) is 0 Å². The first-order valence-corrected chi connectivity index (χ1v) is 31.2. The highest BCUT2D eigenvalue weighted by molar-refractivity contribution is 7.47. The molecule has 9 nitrogen and oxygen atoms in total. The summed E-state index contributed by atoms with van der Waals surface area (Å²) in [5.74, 6) is -0.796. The van der Waals surface area contributed by atoms with Gasteiger partial charge in [-0.05, 0) is 64.2 Å². The minimum atomic E-state index is -4.37. The Bertz CT molecular complexity index is 1450. The number of esters is 2. The topological polar surface area (TPSA) is 108 Å². The summed E-state index contributed by atoms with van der Waals surface area (Å²) in [5.41, 5.74) is 0. The molecule has 0 aromatic rings. The van der Waals surface area contributed by atoms with E-state index >= 15 is 0 Å². The van der Waals surface area contributed by atoms with E-state index < -0.39 is 26.5 Å². The Morgan fingerprint density at radius 1 is 0.444 bits per heavy atom. The van der Waals surface area contributed by atoms with Crippen LogP contribution in [0.5, 0.6) is 0 Å². The predicted octanol–water partition coefficient (Wildman–Crippen LogP) is 18.5. The minimum Gasteiger partial charge on any atom is -0.462 e. The van der Waals surface area contributed by atoms with Crippen LogP contribution in [0.15, 0.2) is 72.9 Å². The van der Waals surface area contributed by atoms with Gasteiger partial charge in [-0.25, -0.2) is 4.57 Å². The summed E-state index contributed by atoms with van der Waals surface area (Å²) in [6.45, 7) is 4.28. The fourth-order valence-electron chi connectivity index (χ4n) is 8.20. The Balaban J connectivity index is 3.79. The van der Waals surface area contributed by atoms with Crippen molar-refractivity contribution in [1.29, 1.82) is 0 Å². The quantitative estimate of drug-likeness (QED) is 0.0211. The van der Waals surface area contributed by atoms with Crippen LogP contribution in [0.2, 0.25) is 0 Å². The minimum absolute atomic E-state index is 0.0329. The zero-order valence-corrected chi connectivity index (χ0v) is 48.3. The van der Waals surface area contributed by atoms with Gasteiger partial charge in [0.15, 0.2) is 6.10 Å². The number of allylic oxidation sites excluding steroid dienone is 12. The lowest BCUT2D eigenvalue weighted by atomic mass is 10.0. The average molecular weight is 1030 g/mol. The summed E-state index contributed by atoms with van der Waals surface area (Å²) in [5, 5.41) is 0. The number of rotatable bonds is 54. The zero-order valence-electron chi connectivity index (χ0n) is 47.4. The van der Waals surface area contributed by atoms with E-state index in [0.29, 0.717) is 17.4 Å². The molecule has 0 saturated heterocycles. The standard InChI is InChI=1S/C62H112NO8P/c1-6-8-10-12-14-15-16-17-18-19-20-21-22-23-24-25-26-27-28-29-30-31-32-33-34-35-36-37-38-39-40-41-42-43-44-45-46-47-49-51-53-55-62(65)71-60(59-70-72(66,67)69-57-56-63(3,4)5)58-68-61(64)54-52-50-48-13-11-9-7-2/h8,10,14-15,17-18,20-21,23-24,26-27,60H,6-7,9,11-13,16,19,22,25,28-59H2,1-5H3/p+1/b10-8-,15-14-,18-17-,21-20-,24-23-,27-26-. The lowest BCUT2D eigenvalue weighted by Gasteiger charge is -2.24. The summed E-state index contributed by atoms with van der Waals surface area (Å²) in [7, 11) is 1.48. The van der Waals surface area contributed by atoms with Crippen molar-refractivity contribution >= 4 is 19.8 Å². The Hall–Kier alpha value is -2.55. The largest absolute Gasteiger partial charge is 0.472 e. The summed E-state index contributed by atoms with van der Waals surface area (Å²) >= 11 is 0. The summed E-state index contributed by atoms with van der Waals surface area (Å²) < 4.78 is 34.3. The number of phosphoric acid groups is 1. The number of carbonyl (C=O) groups excluding carboxylic acids is 2. The van der Waals surface area contributed by atoms with Crippen molar-refractivity contribution in [3.8, 4) is 0 Å². The number of carbonyl (C=O) groups is 2. The van der Waals surface area contributed by atoms with Gasteiger partial charge in [-0.15, -0.1) is 0 Å². The molecule has 2 atom stereocenters. The van der Waals surface area contributed by atoms with E-state index in [0.717, 1.165) is 70.6 Å². The highest BCUT2D eigenvalue weighted by Gasteiger charge is 2.27. The lowest BCUT2D eigenvalue weighted by molar-refractivity contribution is -0.870. The van der Waals surface area contributed by atoms with Crippen LogP contribution >= 0.6 is 7.82 Å². The van der Waals surface area contributed by atoms with Crippen LogP contribution in [0.4, 0.5) is 0 Å². The van der Waals surface area contributed by atoms with Gasteiger partial charge in [-0.2, -0.15) is 0 Å². The molecule has 0 aliphatic carbocycles. The predicted molar refractivity (Wildman–Crippen MR) is 307 cm³/mol. The van der Waals surface area contributed by atoms with Gasteiger partial charge in [-0.1, -0.05) is 254 Å².